The zero-order valence-electron chi connectivity index (χ0n) is 11.6. The summed E-state index contributed by atoms with van der Waals surface area (Å²) >= 11 is 0. The molecule has 104 valence electrons. The highest BCUT2D eigenvalue weighted by Gasteiger charge is 2.28. The summed E-state index contributed by atoms with van der Waals surface area (Å²) in [6.07, 6.45) is 2.43. The zero-order chi connectivity index (χ0) is 14.3. The predicted molar refractivity (Wildman–Crippen MR) is 69.3 cm³/mol. The lowest BCUT2D eigenvalue weighted by Crippen LogP contribution is -2.46. The Balaban J connectivity index is 4.54. The number of carbonyl (C=O) groups is 2. The van der Waals surface area contributed by atoms with Crippen molar-refractivity contribution in [3.05, 3.63) is 12.7 Å². The van der Waals surface area contributed by atoms with Gasteiger partial charge in [-0.25, -0.2) is 4.79 Å². The molecule has 0 aliphatic rings. The van der Waals surface area contributed by atoms with Crippen molar-refractivity contribution in [1.29, 1.82) is 0 Å². The van der Waals surface area contributed by atoms with Gasteiger partial charge in [0.05, 0.1) is 12.2 Å². The maximum absolute atomic E-state index is 11.7. The van der Waals surface area contributed by atoms with E-state index in [9.17, 15) is 9.59 Å². The smallest absolute Gasteiger partial charge is 0.328 e. The fraction of sp³-hybridized carbons (Fsp3) is 0.692. The molecule has 0 spiro atoms. The second kappa shape index (κ2) is 7.16. The zero-order valence-corrected chi connectivity index (χ0v) is 11.6. The molecule has 0 rings (SSSR count). The van der Waals surface area contributed by atoms with Crippen LogP contribution in [0.15, 0.2) is 12.7 Å². The number of allylic oxidation sites excluding steroid dienone is 1. The van der Waals surface area contributed by atoms with Crippen molar-refractivity contribution in [3.63, 3.8) is 0 Å². The number of carbonyl (C=O) groups excluding carboxylic acids is 1. The van der Waals surface area contributed by atoms with Gasteiger partial charge in [-0.15, -0.1) is 6.58 Å². The molecular weight excluding hydrogens is 234 g/mol. The quantitative estimate of drug-likeness (QED) is 0.705. The molecule has 0 radical (unpaired) electrons. The average molecular weight is 257 g/mol. The van der Waals surface area contributed by atoms with Gasteiger partial charge in [0.1, 0.15) is 0 Å². The molecule has 0 aliphatic carbocycles. The van der Waals surface area contributed by atoms with E-state index in [4.69, 9.17) is 9.84 Å². The van der Waals surface area contributed by atoms with Gasteiger partial charge in [0.2, 0.25) is 5.91 Å². The fourth-order valence-corrected chi connectivity index (χ4v) is 1.25. The van der Waals surface area contributed by atoms with Gasteiger partial charge in [0.25, 0.3) is 0 Å². The number of carboxylic acids is 1. The lowest BCUT2D eigenvalue weighted by Gasteiger charge is -2.28. The van der Waals surface area contributed by atoms with Crippen LogP contribution in [0, 0.1) is 0 Å². The molecular formula is C13H23NO4. The third kappa shape index (κ3) is 6.39. The monoisotopic (exact) mass is 257 g/mol. The minimum atomic E-state index is -1.06. The summed E-state index contributed by atoms with van der Waals surface area (Å²) in [6.45, 7) is 9.03. The van der Waals surface area contributed by atoms with Crippen LogP contribution in [0.3, 0.4) is 0 Å². The Morgan fingerprint density at radius 3 is 2.39 bits per heavy atom. The highest BCUT2D eigenvalue weighted by atomic mass is 16.5. The lowest BCUT2D eigenvalue weighted by molar-refractivity contribution is -0.154. The maximum atomic E-state index is 11.7. The van der Waals surface area contributed by atoms with Crippen molar-refractivity contribution in [2.24, 2.45) is 0 Å². The summed E-state index contributed by atoms with van der Waals surface area (Å²) < 4.78 is 5.43. The van der Waals surface area contributed by atoms with E-state index in [0.717, 1.165) is 0 Å². The van der Waals surface area contributed by atoms with Crippen molar-refractivity contribution in [2.75, 3.05) is 13.7 Å². The molecule has 0 saturated carbocycles. The molecule has 18 heavy (non-hydrogen) atoms. The average Bonchev–Trinajstić information content (AvgIpc) is 2.23. The molecule has 0 bridgehead atoms. The molecule has 0 aromatic carbocycles. The highest BCUT2D eigenvalue weighted by Crippen LogP contribution is 2.10. The molecule has 5 heteroatoms. The van der Waals surface area contributed by atoms with Gasteiger partial charge < -0.3 is 14.7 Å². The first-order valence-electron chi connectivity index (χ1n) is 5.92. The van der Waals surface area contributed by atoms with E-state index < -0.39 is 17.6 Å². The van der Waals surface area contributed by atoms with Crippen LogP contribution in [-0.4, -0.2) is 47.2 Å². The number of carboxylic acid groups (broad SMARTS) is 1. The normalized spacial score (nSPS) is 12.9. The SMILES string of the molecule is C=CCCC(=O)N(C)[C@@H](COC(C)(C)C)C(=O)O. The predicted octanol–water partition coefficient (Wildman–Crippen LogP) is 1.68. The molecule has 0 fully saturated rings. The lowest BCUT2D eigenvalue weighted by atomic mass is 10.2. The fourth-order valence-electron chi connectivity index (χ4n) is 1.25. The largest absolute Gasteiger partial charge is 0.480 e. The highest BCUT2D eigenvalue weighted by molar-refractivity contribution is 5.83. The standard InChI is InChI=1S/C13H23NO4/c1-6-7-8-11(15)14(5)10(12(16)17)9-18-13(2,3)4/h6,10H,1,7-9H2,2-5H3,(H,16,17)/t10-/m0/s1. The Hall–Kier alpha value is -1.36. The second-order valence-electron chi connectivity index (χ2n) is 5.11. The van der Waals surface area contributed by atoms with E-state index in [2.05, 4.69) is 6.58 Å². The van der Waals surface area contributed by atoms with Crippen molar-refractivity contribution in [2.45, 2.75) is 45.3 Å². The summed E-state index contributed by atoms with van der Waals surface area (Å²) in [5.74, 6) is -1.28. The molecule has 5 nitrogen and oxygen atoms in total. The van der Waals surface area contributed by atoms with Crippen molar-refractivity contribution in [1.82, 2.24) is 4.90 Å². The topological polar surface area (TPSA) is 66.8 Å². The number of hydrogen-bond donors (Lipinski definition) is 1. The minimum absolute atomic E-state index is 0.0187. The molecule has 1 atom stereocenters. The Labute approximate surface area is 108 Å². The van der Waals surface area contributed by atoms with E-state index in [1.54, 1.807) is 6.08 Å². The van der Waals surface area contributed by atoms with Crippen LogP contribution in [-0.2, 0) is 14.3 Å². The first kappa shape index (κ1) is 16.6. The number of nitrogens with zero attached hydrogens (tertiary/aromatic N) is 1. The van der Waals surface area contributed by atoms with Gasteiger partial charge in [0.15, 0.2) is 6.04 Å². The van der Waals surface area contributed by atoms with Crippen LogP contribution in [0.4, 0.5) is 0 Å². The summed E-state index contributed by atoms with van der Waals surface area (Å²) in [4.78, 5) is 24.1. The minimum Gasteiger partial charge on any atom is -0.480 e. The number of amides is 1. The van der Waals surface area contributed by atoms with E-state index in [0.29, 0.717) is 6.42 Å². The molecule has 0 aliphatic heterocycles. The Bertz CT molecular complexity index is 307. The van der Waals surface area contributed by atoms with E-state index in [1.165, 1.54) is 11.9 Å². The third-order valence-corrected chi connectivity index (χ3v) is 2.38. The molecule has 1 amide bonds. The van der Waals surface area contributed by atoms with Gasteiger partial charge in [0, 0.05) is 13.5 Å². The van der Waals surface area contributed by atoms with Crippen molar-refractivity contribution in [3.8, 4) is 0 Å². The van der Waals surface area contributed by atoms with Gasteiger partial charge in [-0.1, -0.05) is 6.08 Å². The van der Waals surface area contributed by atoms with Gasteiger partial charge >= 0.3 is 5.97 Å². The molecule has 0 unspecified atom stereocenters. The maximum Gasteiger partial charge on any atom is 0.328 e. The molecule has 0 aromatic heterocycles. The summed E-state index contributed by atoms with van der Waals surface area (Å²) in [5, 5.41) is 9.12. The summed E-state index contributed by atoms with van der Waals surface area (Å²) in [6, 6.07) is -0.957. The van der Waals surface area contributed by atoms with Crippen LogP contribution >= 0.6 is 0 Å². The molecule has 1 N–H and O–H groups in total. The number of ether oxygens (including phenoxy) is 1. The van der Waals surface area contributed by atoms with Crippen LogP contribution in [0.25, 0.3) is 0 Å². The van der Waals surface area contributed by atoms with E-state index in [-0.39, 0.29) is 18.9 Å². The third-order valence-electron chi connectivity index (χ3n) is 2.38. The van der Waals surface area contributed by atoms with Crippen molar-refractivity contribution >= 4 is 11.9 Å². The van der Waals surface area contributed by atoms with Crippen LogP contribution in [0.5, 0.6) is 0 Å². The number of rotatable bonds is 7. The second-order valence-corrected chi connectivity index (χ2v) is 5.11. The first-order valence-corrected chi connectivity index (χ1v) is 5.92. The van der Waals surface area contributed by atoms with Gasteiger partial charge in [-0.2, -0.15) is 0 Å². The molecule has 0 heterocycles. The first-order chi connectivity index (χ1) is 8.19. The molecule has 0 aromatic rings. The summed E-state index contributed by atoms with van der Waals surface area (Å²) in [5.41, 5.74) is -0.432. The Morgan fingerprint density at radius 2 is 2.00 bits per heavy atom. The van der Waals surface area contributed by atoms with Crippen LogP contribution < -0.4 is 0 Å². The van der Waals surface area contributed by atoms with Crippen molar-refractivity contribution < 1.29 is 19.4 Å². The van der Waals surface area contributed by atoms with E-state index in [1.807, 2.05) is 20.8 Å². The van der Waals surface area contributed by atoms with Crippen LogP contribution in [0.2, 0.25) is 0 Å². The Kier molecular flexibility index (Phi) is 6.62. The van der Waals surface area contributed by atoms with E-state index >= 15 is 0 Å². The number of likely N-dealkylation sites (N-methyl/N-ethyl adjacent to an activating group) is 1. The summed E-state index contributed by atoms with van der Waals surface area (Å²) in [7, 11) is 1.48. The van der Waals surface area contributed by atoms with Gasteiger partial charge in [-0.3, -0.25) is 4.79 Å². The Morgan fingerprint density at radius 1 is 1.44 bits per heavy atom. The van der Waals surface area contributed by atoms with Crippen LogP contribution in [0.1, 0.15) is 33.6 Å². The molecule has 0 saturated heterocycles. The van der Waals surface area contributed by atoms with Gasteiger partial charge in [-0.05, 0) is 27.2 Å². The number of hydrogen-bond acceptors (Lipinski definition) is 3. The number of aliphatic carboxylic acids is 1.